The van der Waals surface area contributed by atoms with Gasteiger partial charge in [-0.3, -0.25) is 0 Å². The normalized spacial score (nSPS) is 59.4. The van der Waals surface area contributed by atoms with Crippen LogP contribution in [0.1, 0.15) is 85.0 Å². The van der Waals surface area contributed by atoms with E-state index in [1.54, 1.807) is 0 Å². The van der Waals surface area contributed by atoms with Crippen LogP contribution >= 0.6 is 0 Å². The van der Waals surface area contributed by atoms with Crippen LogP contribution in [0.5, 0.6) is 0 Å². The number of rotatable bonds is 1. The van der Waals surface area contributed by atoms with Crippen molar-refractivity contribution in [3.8, 4) is 0 Å². The average molecular weight is 290 g/mol. The van der Waals surface area contributed by atoms with Crippen LogP contribution in [0.3, 0.4) is 0 Å². The van der Waals surface area contributed by atoms with E-state index >= 15 is 0 Å². The Bertz CT molecular complexity index is 445. The Balaban J connectivity index is 1.72. The largest absolute Gasteiger partial charge is 0.396 e. The molecule has 0 aliphatic heterocycles. The summed E-state index contributed by atoms with van der Waals surface area (Å²) >= 11 is 0. The first-order valence-electron chi connectivity index (χ1n) is 9.47. The molecule has 1 spiro atoms. The highest BCUT2D eigenvalue weighted by Gasteiger charge is 2.64. The van der Waals surface area contributed by atoms with Crippen LogP contribution in [-0.2, 0) is 0 Å². The van der Waals surface area contributed by atoms with Crippen molar-refractivity contribution in [1.82, 2.24) is 0 Å². The highest BCUT2D eigenvalue weighted by molar-refractivity contribution is 5.14. The molecular formula is C20H34O. The fourth-order valence-corrected chi connectivity index (χ4v) is 8.04. The Morgan fingerprint density at radius 2 is 1.62 bits per heavy atom. The second-order valence-electron chi connectivity index (χ2n) is 10.2. The Kier molecular flexibility index (Phi) is 2.96. The van der Waals surface area contributed by atoms with E-state index in [9.17, 15) is 5.11 Å². The zero-order valence-corrected chi connectivity index (χ0v) is 14.4. The highest BCUT2D eigenvalue weighted by Crippen LogP contribution is 2.73. The van der Waals surface area contributed by atoms with Crippen molar-refractivity contribution >= 4 is 0 Å². The first-order valence-corrected chi connectivity index (χ1v) is 9.47. The molecule has 0 aromatic carbocycles. The minimum absolute atomic E-state index is 0.202. The lowest BCUT2D eigenvalue weighted by atomic mass is 9.40. The van der Waals surface area contributed by atoms with Gasteiger partial charge in [0.15, 0.2) is 0 Å². The predicted molar refractivity (Wildman–Crippen MR) is 87.0 cm³/mol. The third kappa shape index (κ3) is 1.79. The van der Waals surface area contributed by atoms with Crippen LogP contribution in [0.15, 0.2) is 0 Å². The van der Waals surface area contributed by atoms with Crippen molar-refractivity contribution in [3.05, 3.63) is 0 Å². The standard InChI is InChI=1S/C20H34O/c1-17-9-5-16-19(3)8-4-7-18(2,14-21)15(19)6-10-20(16,13-17)12-11-17/h15-16,21H,4-14H2,1-3H3/t15-,16+,17-,18?,19-,20-/m0/s1. The van der Waals surface area contributed by atoms with E-state index in [-0.39, 0.29) is 5.41 Å². The van der Waals surface area contributed by atoms with Gasteiger partial charge in [-0.25, -0.2) is 0 Å². The quantitative estimate of drug-likeness (QED) is 0.706. The number of hydrogen-bond acceptors (Lipinski definition) is 1. The molecule has 4 rings (SSSR count). The monoisotopic (exact) mass is 290 g/mol. The smallest absolute Gasteiger partial charge is 0.0487 e. The van der Waals surface area contributed by atoms with Gasteiger partial charge in [-0.15, -0.1) is 0 Å². The molecular weight excluding hydrogens is 256 g/mol. The maximum Gasteiger partial charge on any atom is 0.0487 e. The van der Waals surface area contributed by atoms with E-state index in [0.717, 1.165) is 11.8 Å². The lowest BCUT2D eigenvalue weighted by molar-refractivity contribution is -0.163. The van der Waals surface area contributed by atoms with Crippen molar-refractivity contribution in [3.63, 3.8) is 0 Å². The van der Waals surface area contributed by atoms with Crippen molar-refractivity contribution in [2.24, 2.45) is 33.5 Å². The molecule has 0 aromatic rings. The molecule has 0 heterocycles. The number of aliphatic hydroxyl groups excluding tert-OH is 1. The van der Waals surface area contributed by atoms with E-state index in [4.69, 9.17) is 0 Å². The third-order valence-corrected chi connectivity index (χ3v) is 8.97. The molecule has 4 aliphatic rings. The van der Waals surface area contributed by atoms with Crippen molar-refractivity contribution < 1.29 is 5.11 Å². The molecule has 0 aromatic heterocycles. The molecule has 0 saturated heterocycles. The van der Waals surface area contributed by atoms with E-state index in [1.165, 1.54) is 64.2 Å². The highest BCUT2D eigenvalue weighted by atomic mass is 16.3. The minimum atomic E-state index is 0.202. The molecule has 21 heavy (non-hydrogen) atoms. The third-order valence-electron chi connectivity index (χ3n) is 8.97. The first-order chi connectivity index (χ1) is 9.86. The predicted octanol–water partition coefficient (Wildman–Crippen LogP) is 5.17. The lowest BCUT2D eigenvalue weighted by Crippen LogP contribution is -2.57. The SMILES string of the molecule is CC1(CO)CCC[C@@]2(C)[C@H]1CC[C@@]13CC[C@](C)(CC[C@@H]12)C3. The van der Waals surface area contributed by atoms with Crippen LogP contribution in [0.4, 0.5) is 0 Å². The molecule has 1 unspecified atom stereocenters. The molecule has 2 bridgehead atoms. The van der Waals surface area contributed by atoms with Gasteiger partial charge in [0.25, 0.3) is 0 Å². The molecule has 1 heteroatoms. The Morgan fingerprint density at radius 1 is 0.857 bits per heavy atom. The fraction of sp³-hybridized carbons (Fsp3) is 1.00. The second kappa shape index (κ2) is 4.28. The van der Waals surface area contributed by atoms with Gasteiger partial charge in [0.2, 0.25) is 0 Å². The summed E-state index contributed by atoms with van der Waals surface area (Å²) < 4.78 is 0. The molecule has 0 amide bonds. The molecule has 4 saturated carbocycles. The van der Waals surface area contributed by atoms with E-state index in [0.29, 0.717) is 22.9 Å². The Labute approximate surface area is 130 Å². The number of fused-ring (bicyclic) bond motifs is 3. The summed E-state index contributed by atoms with van der Waals surface area (Å²) in [5.74, 6) is 1.72. The summed E-state index contributed by atoms with van der Waals surface area (Å²) in [6.07, 6.45) is 14.3. The second-order valence-corrected chi connectivity index (χ2v) is 10.2. The van der Waals surface area contributed by atoms with Gasteiger partial charge in [-0.2, -0.15) is 0 Å². The minimum Gasteiger partial charge on any atom is -0.396 e. The molecule has 0 radical (unpaired) electrons. The number of aliphatic hydroxyl groups is 1. The first kappa shape index (κ1) is 14.5. The van der Waals surface area contributed by atoms with Crippen molar-refractivity contribution in [1.29, 1.82) is 0 Å². The van der Waals surface area contributed by atoms with Gasteiger partial charge in [-0.05, 0) is 91.3 Å². The molecule has 4 aliphatic carbocycles. The summed E-state index contributed by atoms with van der Waals surface area (Å²) in [6, 6.07) is 0. The van der Waals surface area contributed by atoms with E-state index < -0.39 is 0 Å². The van der Waals surface area contributed by atoms with Gasteiger partial charge in [0.05, 0.1) is 0 Å². The zero-order chi connectivity index (χ0) is 14.9. The maximum atomic E-state index is 10.1. The molecule has 4 fully saturated rings. The summed E-state index contributed by atoms with van der Waals surface area (Å²) in [6.45, 7) is 7.97. The van der Waals surface area contributed by atoms with Gasteiger partial charge >= 0.3 is 0 Å². The average Bonchev–Trinajstić information content (AvgIpc) is 2.69. The van der Waals surface area contributed by atoms with Gasteiger partial charge in [-0.1, -0.05) is 27.2 Å². The van der Waals surface area contributed by atoms with Gasteiger partial charge < -0.3 is 5.11 Å². The van der Waals surface area contributed by atoms with Crippen LogP contribution in [0.2, 0.25) is 0 Å². The van der Waals surface area contributed by atoms with Gasteiger partial charge in [0.1, 0.15) is 0 Å². The van der Waals surface area contributed by atoms with Crippen LogP contribution in [0.25, 0.3) is 0 Å². The lowest BCUT2D eigenvalue weighted by Gasteiger charge is -2.64. The van der Waals surface area contributed by atoms with Crippen LogP contribution < -0.4 is 0 Å². The number of hydrogen-bond donors (Lipinski definition) is 1. The molecule has 1 N–H and O–H groups in total. The van der Waals surface area contributed by atoms with Crippen LogP contribution in [0, 0.1) is 33.5 Å². The van der Waals surface area contributed by atoms with Gasteiger partial charge in [0, 0.05) is 6.61 Å². The molecule has 1 nitrogen and oxygen atoms in total. The maximum absolute atomic E-state index is 10.1. The Hall–Kier alpha value is -0.0400. The zero-order valence-electron chi connectivity index (χ0n) is 14.4. The summed E-state index contributed by atoms with van der Waals surface area (Å²) in [5, 5.41) is 10.1. The summed E-state index contributed by atoms with van der Waals surface area (Å²) in [4.78, 5) is 0. The van der Waals surface area contributed by atoms with Crippen molar-refractivity contribution in [2.75, 3.05) is 6.61 Å². The molecule has 6 atom stereocenters. The van der Waals surface area contributed by atoms with Crippen molar-refractivity contribution in [2.45, 2.75) is 85.0 Å². The summed E-state index contributed by atoms with van der Waals surface area (Å²) in [5.41, 5.74) is 2.08. The van der Waals surface area contributed by atoms with Crippen LogP contribution in [-0.4, -0.2) is 11.7 Å². The summed E-state index contributed by atoms with van der Waals surface area (Å²) in [7, 11) is 0. The topological polar surface area (TPSA) is 20.2 Å². The fourth-order valence-electron chi connectivity index (χ4n) is 8.04. The Morgan fingerprint density at radius 3 is 2.38 bits per heavy atom. The van der Waals surface area contributed by atoms with E-state index in [2.05, 4.69) is 20.8 Å². The van der Waals surface area contributed by atoms with E-state index in [1.807, 2.05) is 0 Å². The molecule has 120 valence electrons.